The first-order valence-corrected chi connectivity index (χ1v) is 6.28. The summed E-state index contributed by atoms with van der Waals surface area (Å²) in [6.45, 7) is 2.07. The SMILES string of the molecule is NC(=NO)c1cc(F)ccc1CNC1CCOCC1. The van der Waals surface area contributed by atoms with Crippen molar-refractivity contribution in [2.45, 2.75) is 25.4 Å². The van der Waals surface area contributed by atoms with Crippen LogP contribution in [0.2, 0.25) is 0 Å². The van der Waals surface area contributed by atoms with Crippen LogP contribution < -0.4 is 11.1 Å². The smallest absolute Gasteiger partial charge is 0.170 e. The first kappa shape index (κ1) is 13.8. The molecule has 1 aliphatic rings. The summed E-state index contributed by atoms with van der Waals surface area (Å²) in [6, 6.07) is 4.68. The van der Waals surface area contributed by atoms with Gasteiger partial charge in [-0.1, -0.05) is 11.2 Å². The molecule has 6 heteroatoms. The van der Waals surface area contributed by atoms with Crippen molar-refractivity contribution in [1.82, 2.24) is 5.32 Å². The molecule has 1 aromatic rings. The maximum Gasteiger partial charge on any atom is 0.170 e. The maximum atomic E-state index is 13.2. The van der Waals surface area contributed by atoms with Crippen LogP contribution in [0.3, 0.4) is 0 Å². The third-order valence-corrected chi connectivity index (χ3v) is 3.26. The third kappa shape index (κ3) is 3.65. The number of halogens is 1. The van der Waals surface area contributed by atoms with E-state index < -0.39 is 5.82 Å². The summed E-state index contributed by atoms with van der Waals surface area (Å²) < 4.78 is 18.5. The summed E-state index contributed by atoms with van der Waals surface area (Å²) in [5.74, 6) is -0.486. The lowest BCUT2D eigenvalue weighted by Gasteiger charge is -2.23. The van der Waals surface area contributed by atoms with Gasteiger partial charge in [-0.05, 0) is 30.5 Å². The van der Waals surface area contributed by atoms with E-state index in [0.717, 1.165) is 31.6 Å². The third-order valence-electron chi connectivity index (χ3n) is 3.26. The Bertz CT molecular complexity index is 459. The Hall–Kier alpha value is -1.66. The van der Waals surface area contributed by atoms with Gasteiger partial charge in [0.15, 0.2) is 5.84 Å². The minimum absolute atomic E-state index is 0.0803. The Morgan fingerprint density at radius 2 is 2.21 bits per heavy atom. The van der Waals surface area contributed by atoms with E-state index in [1.54, 1.807) is 6.07 Å². The number of amidine groups is 1. The van der Waals surface area contributed by atoms with Gasteiger partial charge in [-0.25, -0.2) is 4.39 Å². The van der Waals surface area contributed by atoms with Gasteiger partial charge in [-0.2, -0.15) is 0 Å². The number of ether oxygens (including phenoxy) is 1. The van der Waals surface area contributed by atoms with Crippen molar-refractivity contribution in [3.05, 3.63) is 35.1 Å². The number of nitrogens with two attached hydrogens (primary N) is 1. The van der Waals surface area contributed by atoms with E-state index in [9.17, 15) is 4.39 Å². The Morgan fingerprint density at radius 1 is 1.47 bits per heavy atom. The van der Waals surface area contributed by atoms with E-state index in [-0.39, 0.29) is 5.84 Å². The molecule has 0 aromatic heterocycles. The molecule has 1 saturated heterocycles. The largest absolute Gasteiger partial charge is 0.409 e. The zero-order valence-corrected chi connectivity index (χ0v) is 10.6. The minimum Gasteiger partial charge on any atom is -0.409 e. The summed E-state index contributed by atoms with van der Waals surface area (Å²) in [5.41, 5.74) is 6.79. The molecule has 0 radical (unpaired) electrons. The fourth-order valence-electron chi connectivity index (χ4n) is 2.15. The van der Waals surface area contributed by atoms with Crippen LogP contribution in [0, 0.1) is 5.82 Å². The number of nitrogens with zero attached hydrogens (tertiary/aromatic N) is 1. The van der Waals surface area contributed by atoms with E-state index in [1.165, 1.54) is 12.1 Å². The van der Waals surface area contributed by atoms with Crippen LogP contribution in [-0.2, 0) is 11.3 Å². The first-order valence-electron chi connectivity index (χ1n) is 6.28. The molecule has 104 valence electrons. The Labute approximate surface area is 111 Å². The van der Waals surface area contributed by atoms with Crippen LogP contribution in [0.4, 0.5) is 4.39 Å². The highest BCUT2D eigenvalue weighted by molar-refractivity contribution is 5.98. The maximum absolute atomic E-state index is 13.2. The summed E-state index contributed by atoms with van der Waals surface area (Å²) in [7, 11) is 0. The van der Waals surface area contributed by atoms with Crippen molar-refractivity contribution in [1.29, 1.82) is 0 Å². The van der Waals surface area contributed by atoms with Crippen molar-refractivity contribution in [3.63, 3.8) is 0 Å². The van der Waals surface area contributed by atoms with Crippen LogP contribution in [-0.4, -0.2) is 30.3 Å². The van der Waals surface area contributed by atoms with Gasteiger partial charge in [-0.3, -0.25) is 0 Å². The lowest BCUT2D eigenvalue weighted by atomic mass is 10.0. The number of benzene rings is 1. The highest BCUT2D eigenvalue weighted by atomic mass is 19.1. The second-order valence-corrected chi connectivity index (χ2v) is 4.55. The van der Waals surface area contributed by atoms with Crippen molar-refractivity contribution >= 4 is 5.84 Å². The van der Waals surface area contributed by atoms with E-state index in [2.05, 4.69) is 10.5 Å². The highest BCUT2D eigenvalue weighted by Crippen LogP contribution is 2.13. The highest BCUT2D eigenvalue weighted by Gasteiger charge is 2.14. The monoisotopic (exact) mass is 267 g/mol. The van der Waals surface area contributed by atoms with Gasteiger partial charge >= 0.3 is 0 Å². The van der Waals surface area contributed by atoms with Gasteiger partial charge in [0.1, 0.15) is 5.82 Å². The lowest BCUT2D eigenvalue weighted by molar-refractivity contribution is 0.0776. The minimum atomic E-state index is -0.406. The second-order valence-electron chi connectivity index (χ2n) is 4.55. The summed E-state index contributed by atoms with van der Waals surface area (Å²) in [4.78, 5) is 0. The molecule has 4 N–H and O–H groups in total. The quantitative estimate of drug-likeness (QED) is 0.331. The predicted octanol–water partition coefficient (Wildman–Crippen LogP) is 1.19. The molecule has 0 amide bonds. The number of nitrogens with one attached hydrogen (secondary N) is 1. The van der Waals surface area contributed by atoms with E-state index in [1.807, 2.05) is 0 Å². The molecule has 2 rings (SSSR count). The molecule has 1 heterocycles. The number of hydrogen-bond acceptors (Lipinski definition) is 4. The standard InChI is InChI=1S/C13H18FN3O2/c14-10-2-1-9(12(7-10)13(15)17-18)8-16-11-3-5-19-6-4-11/h1-2,7,11,16,18H,3-6,8H2,(H2,15,17). The van der Waals surface area contributed by atoms with Gasteiger partial charge in [0, 0.05) is 31.4 Å². The molecule has 1 fully saturated rings. The molecule has 0 spiro atoms. The van der Waals surface area contributed by atoms with Gasteiger partial charge < -0.3 is 21.0 Å². The Morgan fingerprint density at radius 3 is 2.89 bits per heavy atom. The van der Waals surface area contributed by atoms with Crippen molar-refractivity contribution in [2.24, 2.45) is 10.9 Å². The molecule has 0 saturated carbocycles. The Kier molecular flexibility index (Phi) is 4.70. The average molecular weight is 267 g/mol. The van der Waals surface area contributed by atoms with Crippen LogP contribution in [0.5, 0.6) is 0 Å². The molecule has 0 unspecified atom stereocenters. The normalized spacial score (nSPS) is 17.6. The van der Waals surface area contributed by atoms with Crippen molar-refractivity contribution in [3.8, 4) is 0 Å². The van der Waals surface area contributed by atoms with Crippen LogP contribution in [0.1, 0.15) is 24.0 Å². The molecule has 0 atom stereocenters. The molecular formula is C13H18FN3O2. The molecule has 1 aliphatic heterocycles. The zero-order valence-electron chi connectivity index (χ0n) is 10.6. The van der Waals surface area contributed by atoms with Gasteiger partial charge in [-0.15, -0.1) is 0 Å². The van der Waals surface area contributed by atoms with E-state index in [0.29, 0.717) is 18.2 Å². The molecule has 0 bridgehead atoms. The Balaban J connectivity index is 2.06. The fourth-order valence-corrected chi connectivity index (χ4v) is 2.15. The molecule has 5 nitrogen and oxygen atoms in total. The predicted molar refractivity (Wildman–Crippen MR) is 69.6 cm³/mol. The fraction of sp³-hybridized carbons (Fsp3) is 0.462. The molecule has 1 aromatic carbocycles. The lowest BCUT2D eigenvalue weighted by Crippen LogP contribution is -2.34. The molecule has 19 heavy (non-hydrogen) atoms. The second kappa shape index (κ2) is 6.49. The van der Waals surface area contributed by atoms with Crippen LogP contribution >= 0.6 is 0 Å². The summed E-state index contributed by atoms with van der Waals surface area (Å²) in [5, 5.41) is 15.0. The molecule has 0 aliphatic carbocycles. The van der Waals surface area contributed by atoms with Crippen LogP contribution in [0.25, 0.3) is 0 Å². The van der Waals surface area contributed by atoms with Crippen LogP contribution in [0.15, 0.2) is 23.4 Å². The van der Waals surface area contributed by atoms with Crippen molar-refractivity contribution in [2.75, 3.05) is 13.2 Å². The van der Waals surface area contributed by atoms with Gasteiger partial charge in [0.05, 0.1) is 0 Å². The summed E-state index contributed by atoms with van der Waals surface area (Å²) in [6.07, 6.45) is 1.92. The topological polar surface area (TPSA) is 79.9 Å². The number of oxime groups is 1. The zero-order chi connectivity index (χ0) is 13.7. The number of rotatable bonds is 4. The summed E-state index contributed by atoms with van der Waals surface area (Å²) >= 11 is 0. The van der Waals surface area contributed by atoms with E-state index >= 15 is 0 Å². The van der Waals surface area contributed by atoms with Gasteiger partial charge in [0.25, 0.3) is 0 Å². The average Bonchev–Trinajstić information content (AvgIpc) is 2.46. The van der Waals surface area contributed by atoms with Crippen molar-refractivity contribution < 1.29 is 14.3 Å². The van der Waals surface area contributed by atoms with E-state index in [4.69, 9.17) is 15.7 Å². The number of hydrogen-bond donors (Lipinski definition) is 3. The first-order chi connectivity index (χ1) is 9.20. The van der Waals surface area contributed by atoms with Gasteiger partial charge in [0.2, 0.25) is 0 Å². The molecular weight excluding hydrogens is 249 g/mol.